The van der Waals surface area contributed by atoms with E-state index in [-0.39, 0.29) is 32.0 Å². The van der Waals surface area contributed by atoms with Gasteiger partial charge in [-0.25, -0.2) is 4.57 Å². The zero-order valence-electron chi connectivity index (χ0n) is 47.8. The molecule has 0 aliphatic rings. The smallest absolute Gasteiger partial charge is 0.462 e. The number of nitrogens with zero attached hydrogens (tertiary/aromatic N) is 1. The number of phosphoric acid groups is 1. The number of carbonyl (C=O) groups excluding carboxylic acids is 2. The highest BCUT2D eigenvalue weighted by atomic mass is 31.2. The van der Waals surface area contributed by atoms with Gasteiger partial charge in [-0.3, -0.25) is 18.6 Å². The van der Waals surface area contributed by atoms with Crippen LogP contribution in [0.15, 0.2) is 122 Å². The first kappa shape index (κ1) is 70.4. The van der Waals surface area contributed by atoms with Crippen molar-refractivity contribution >= 4 is 19.8 Å². The molecule has 2 atom stereocenters. The van der Waals surface area contributed by atoms with Crippen LogP contribution in [0.25, 0.3) is 0 Å². The van der Waals surface area contributed by atoms with Crippen LogP contribution >= 0.6 is 7.82 Å². The lowest BCUT2D eigenvalue weighted by molar-refractivity contribution is -0.870. The normalized spacial score (nSPS) is 14.2. The molecule has 74 heavy (non-hydrogen) atoms. The number of esters is 2. The van der Waals surface area contributed by atoms with Gasteiger partial charge in [-0.2, -0.15) is 0 Å². The SMILES string of the molecule is CC/C=C\C/C=C\C/C=C\C/C=C\C/C=C\CCCCCCCCCCCC(=O)OCC(COP(=O)(O)OCC[N+](C)(C)C)OC(=O)CCCCCCCCCCC/C=C\C/C=C\C/C=C\C/C=C\C/C=C\CC. The molecule has 1 N–H and O–H groups in total. The highest BCUT2D eigenvalue weighted by Gasteiger charge is 2.27. The number of phosphoric ester groups is 1. The number of ether oxygens (including phenoxy) is 2. The average molecular weight is 1050 g/mol. The van der Waals surface area contributed by atoms with Crippen LogP contribution in [-0.4, -0.2) is 74.9 Å². The maximum atomic E-state index is 12.8. The fraction of sp³-hybridized carbons (Fsp3) is 0.656. The highest BCUT2D eigenvalue weighted by molar-refractivity contribution is 7.47. The standard InChI is InChI=1S/C64H108NO8P/c1-6-8-10-12-14-16-18-20-22-24-26-28-30-32-34-36-38-40-42-44-46-48-50-52-54-56-63(66)70-60-62(61-72-74(68,69)71-59-58-65(3,4)5)73-64(67)57-55-53-51-49-47-45-43-41-39-37-35-33-31-29-27-25-23-21-19-17-15-13-11-9-7-2/h8-11,14-17,20-23,26-29,32-35,62H,6-7,12-13,18-19,24-25,30-31,36-61H2,1-5H3/p+1/b10-8-,11-9-,16-14-,17-15-,22-20-,23-21-,28-26-,29-27-,34-32-,35-33-. The summed E-state index contributed by atoms with van der Waals surface area (Å²) in [6, 6.07) is 0. The molecule has 0 aliphatic carbocycles. The first-order valence-corrected chi connectivity index (χ1v) is 30.8. The second-order valence-electron chi connectivity index (χ2n) is 20.3. The zero-order chi connectivity index (χ0) is 54.2. The molecule has 9 nitrogen and oxygen atoms in total. The Kier molecular flexibility index (Phi) is 51.6. The Morgan fingerprint density at radius 3 is 1.08 bits per heavy atom. The van der Waals surface area contributed by atoms with E-state index in [0.717, 1.165) is 122 Å². The number of rotatable bonds is 52. The Bertz CT molecular complexity index is 1660. The van der Waals surface area contributed by atoms with Gasteiger partial charge in [0.1, 0.15) is 19.8 Å². The largest absolute Gasteiger partial charge is 0.472 e. The number of hydrogen-bond donors (Lipinski definition) is 1. The van der Waals surface area contributed by atoms with Crippen LogP contribution in [0.4, 0.5) is 0 Å². The summed E-state index contributed by atoms with van der Waals surface area (Å²) < 4.78 is 34.6. The van der Waals surface area contributed by atoms with Crippen molar-refractivity contribution in [3.63, 3.8) is 0 Å². The van der Waals surface area contributed by atoms with Crippen molar-refractivity contribution in [3.05, 3.63) is 122 Å². The molecule has 0 aromatic carbocycles. The summed E-state index contributed by atoms with van der Waals surface area (Å²) in [6.45, 7) is 4.18. The second-order valence-corrected chi connectivity index (χ2v) is 21.7. The summed E-state index contributed by atoms with van der Waals surface area (Å²) in [7, 11) is 1.45. The van der Waals surface area contributed by atoms with E-state index in [2.05, 4.69) is 135 Å². The average Bonchev–Trinajstić information content (AvgIpc) is 3.36. The van der Waals surface area contributed by atoms with Gasteiger partial charge < -0.3 is 18.9 Å². The van der Waals surface area contributed by atoms with E-state index in [9.17, 15) is 19.0 Å². The van der Waals surface area contributed by atoms with Crippen LogP contribution in [0.2, 0.25) is 0 Å². The summed E-state index contributed by atoms with van der Waals surface area (Å²) in [4.78, 5) is 35.7. The Labute approximate surface area is 454 Å². The lowest BCUT2D eigenvalue weighted by atomic mass is 10.1. The van der Waals surface area contributed by atoms with Gasteiger partial charge in [-0.15, -0.1) is 0 Å². The number of likely N-dealkylation sites (N-methyl/N-ethyl adjacent to an activating group) is 1. The molecule has 0 spiro atoms. The van der Waals surface area contributed by atoms with E-state index in [1.807, 2.05) is 21.1 Å². The third kappa shape index (κ3) is 57.7. The van der Waals surface area contributed by atoms with E-state index in [0.29, 0.717) is 17.4 Å². The van der Waals surface area contributed by atoms with Gasteiger partial charge in [-0.1, -0.05) is 225 Å². The summed E-state index contributed by atoms with van der Waals surface area (Å²) >= 11 is 0. The molecule has 0 saturated carbocycles. The van der Waals surface area contributed by atoms with E-state index in [1.165, 1.54) is 64.2 Å². The molecular formula is C64H109NO8P+. The van der Waals surface area contributed by atoms with Crippen LogP contribution in [-0.2, 0) is 32.7 Å². The van der Waals surface area contributed by atoms with Crippen molar-refractivity contribution < 1.29 is 42.1 Å². The Balaban J connectivity index is 4.22. The Morgan fingerprint density at radius 2 is 0.730 bits per heavy atom. The number of hydrogen-bond acceptors (Lipinski definition) is 7. The topological polar surface area (TPSA) is 108 Å². The third-order valence-corrected chi connectivity index (χ3v) is 13.0. The summed E-state index contributed by atoms with van der Waals surface area (Å²) in [6.07, 6.45) is 76.8. The van der Waals surface area contributed by atoms with Crippen molar-refractivity contribution in [3.8, 4) is 0 Å². The summed E-state index contributed by atoms with van der Waals surface area (Å²) in [5.41, 5.74) is 0. The van der Waals surface area contributed by atoms with Gasteiger partial charge >= 0.3 is 19.8 Å². The molecule has 0 fully saturated rings. The number of carbonyl (C=O) groups is 2. The predicted molar refractivity (Wildman–Crippen MR) is 316 cm³/mol. The van der Waals surface area contributed by atoms with E-state index < -0.39 is 26.5 Å². The van der Waals surface area contributed by atoms with Crippen molar-refractivity contribution in [1.29, 1.82) is 0 Å². The molecule has 422 valence electrons. The van der Waals surface area contributed by atoms with Crippen LogP contribution in [0, 0.1) is 0 Å². The monoisotopic (exact) mass is 1050 g/mol. The quantitative estimate of drug-likeness (QED) is 0.0211. The first-order chi connectivity index (χ1) is 36.0. The van der Waals surface area contributed by atoms with Crippen molar-refractivity contribution in [2.75, 3.05) is 47.5 Å². The van der Waals surface area contributed by atoms with Gasteiger partial charge in [0.05, 0.1) is 27.7 Å². The zero-order valence-corrected chi connectivity index (χ0v) is 48.7. The molecule has 0 aliphatic heterocycles. The Morgan fingerprint density at radius 1 is 0.419 bits per heavy atom. The second kappa shape index (κ2) is 54.2. The molecule has 10 heteroatoms. The molecule has 0 rings (SSSR count). The lowest BCUT2D eigenvalue weighted by Crippen LogP contribution is -2.37. The highest BCUT2D eigenvalue weighted by Crippen LogP contribution is 2.43. The minimum atomic E-state index is -4.40. The maximum Gasteiger partial charge on any atom is 0.472 e. The van der Waals surface area contributed by atoms with Gasteiger partial charge in [-0.05, 0) is 103 Å². The van der Waals surface area contributed by atoms with Crippen LogP contribution in [0.5, 0.6) is 0 Å². The van der Waals surface area contributed by atoms with Crippen LogP contribution in [0.3, 0.4) is 0 Å². The Hall–Kier alpha value is -3.59. The molecular weight excluding hydrogens is 942 g/mol. The fourth-order valence-corrected chi connectivity index (χ4v) is 8.28. The van der Waals surface area contributed by atoms with Gasteiger partial charge in [0.15, 0.2) is 6.10 Å². The molecule has 0 saturated heterocycles. The molecule has 0 aromatic rings. The van der Waals surface area contributed by atoms with Crippen LogP contribution in [0.1, 0.15) is 219 Å². The third-order valence-electron chi connectivity index (χ3n) is 12.0. The molecule has 0 aromatic heterocycles. The maximum absolute atomic E-state index is 12.8. The fourth-order valence-electron chi connectivity index (χ4n) is 7.54. The van der Waals surface area contributed by atoms with Crippen molar-refractivity contribution in [1.82, 2.24) is 0 Å². The number of quaternary nitrogens is 1. The van der Waals surface area contributed by atoms with E-state index in [1.54, 1.807) is 0 Å². The molecule has 0 radical (unpaired) electrons. The van der Waals surface area contributed by atoms with Crippen LogP contribution < -0.4 is 0 Å². The minimum absolute atomic E-state index is 0.0228. The molecule has 0 bridgehead atoms. The lowest BCUT2D eigenvalue weighted by Gasteiger charge is -2.24. The minimum Gasteiger partial charge on any atom is -0.462 e. The molecule has 2 unspecified atom stereocenters. The number of allylic oxidation sites excluding steroid dienone is 20. The summed E-state index contributed by atoms with van der Waals surface area (Å²) in [5.74, 6) is -0.818. The predicted octanol–water partition coefficient (Wildman–Crippen LogP) is 18.4. The summed E-state index contributed by atoms with van der Waals surface area (Å²) in [5, 5.41) is 0. The first-order valence-electron chi connectivity index (χ1n) is 29.3. The molecule has 0 heterocycles. The van der Waals surface area contributed by atoms with Crippen molar-refractivity contribution in [2.45, 2.75) is 225 Å². The van der Waals surface area contributed by atoms with E-state index in [4.69, 9.17) is 18.5 Å². The van der Waals surface area contributed by atoms with E-state index >= 15 is 0 Å². The van der Waals surface area contributed by atoms with Gasteiger partial charge in [0.25, 0.3) is 0 Å². The van der Waals surface area contributed by atoms with Gasteiger partial charge in [0, 0.05) is 12.8 Å². The van der Waals surface area contributed by atoms with Crippen molar-refractivity contribution in [2.24, 2.45) is 0 Å². The van der Waals surface area contributed by atoms with Gasteiger partial charge in [0.2, 0.25) is 0 Å². The number of unbranched alkanes of at least 4 members (excludes halogenated alkanes) is 18. The molecule has 0 amide bonds.